The zero-order valence-electron chi connectivity index (χ0n) is 18.6. The SMILES string of the molecule is CC(C)Nc1cncc(-c2cnc3[nH]nc(-c4nc5c(-c6ccncc6)ccnc5[nH]4)c3c2)c1. The molecule has 166 valence electrons. The van der Waals surface area contributed by atoms with Gasteiger partial charge in [0, 0.05) is 59.9 Å². The zero-order valence-corrected chi connectivity index (χ0v) is 18.6. The fraction of sp³-hybridized carbons (Fsp3) is 0.120. The molecule has 0 fully saturated rings. The number of anilines is 1. The summed E-state index contributed by atoms with van der Waals surface area (Å²) < 4.78 is 0. The van der Waals surface area contributed by atoms with Crippen molar-refractivity contribution in [1.29, 1.82) is 0 Å². The van der Waals surface area contributed by atoms with Crippen molar-refractivity contribution in [2.75, 3.05) is 5.32 Å². The van der Waals surface area contributed by atoms with Gasteiger partial charge in [0.25, 0.3) is 0 Å². The second-order valence-corrected chi connectivity index (χ2v) is 8.33. The predicted octanol–water partition coefficient (Wildman–Crippen LogP) is 4.84. The summed E-state index contributed by atoms with van der Waals surface area (Å²) in [5.41, 5.74) is 7.74. The van der Waals surface area contributed by atoms with Crippen molar-refractivity contribution in [3.8, 4) is 33.8 Å². The summed E-state index contributed by atoms with van der Waals surface area (Å²) in [6, 6.07) is 10.3. The average Bonchev–Trinajstić information content (AvgIpc) is 3.48. The minimum atomic E-state index is 0.317. The topological polar surface area (TPSA) is 121 Å². The molecule has 0 unspecified atom stereocenters. The van der Waals surface area contributed by atoms with Gasteiger partial charge in [-0.05, 0) is 49.7 Å². The molecule has 0 amide bonds. The van der Waals surface area contributed by atoms with Gasteiger partial charge >= 0.3 is 0 Å². The molecule has 0 aliphatic rings. The maximum absolute atomic E-state index is 4.86. The Morgan fingerprint density at radius 3 is 2.53 bits per heavy atom. The number of hydrogen-bond donors (Lipinski definition) is 3. The van der Waals surface area contributed by atoms with Crippen molar-refractivity contribution in [3.05, 3.63) is 67.5 Å². The number of hydrogen-bond acceptors (Lipinski definition) is 7. The van der Waals surface area contributed by atoms with Crippen LogP contribution in [0.2, 0.25) is 0 Å². The highest BCUT2D eigenvalue weighted by Gasteiger charge is 2.17. The molecule has 9 nitrogen and oxygen atoms in total. The standard InChI is InChI=1S/C25H21N9/c1-14(2)30-18-9-16(11-27-13-18)17-10-20-22(33-34-23(20)29-12-17)25-31-21-19(5-8-28-24(21)32-25)15-3-6-26-7-4-15/h3-14,30H,1-2H3,(H,28,31,32)(H,29,33,34). The Morgan fingerprint density at radius 2 is 1.68 bits per heavy atom. The molecule has 6 aromatic heterocycles. The molecule has 6 heterocycles. The Morgan fingerprint density at radius 1 is 0.824 bits per heavy atom. The third-order valence-electron chi connectivity index (χ3n) is 5.54. The number of fused-ring (bicyclic) bond motifs is 2. The maximum Gasteiger partial charge on any atom is 0.161 e. The van der Waals surface area contributed by atoms with Gasteiger partial charge in [-0.15, -0.1) is 0 Å². The van der Waals surface area contributed by atoms with Gasteiger partial charge in [0.05, 0.1) is 11.1 Å². The molecule has 0 atom stereocenters. The van der Waals surface area contributed by atoms with Crippen LogP contribution in [0.3, 0.4) is 0 Å². The highest BCUT2D eigenvalue weighted by molar-refractivity contribution is 5.96. The molecule has 3 N–H and O–H groups in total. The van der Waals surface area contributed by atoms with E-state index in [4.69, 9.17) is 4.98 Å². The Balaban J connectivity index is 1.45. The average molecular weight is 448 g/mol. The lowest BCUT2D eigenvalue weighted by atomic mass is 10.1. The highest BCUT2D eigenvalue weighted by atomic mass is 15.2. The van der Waals surface area contributed by atoms with E-state index in [9.17, 15) is 0 Å². The third kappa shape index (κ3) is 3.53. The molecule has 0 saturated carbocycles. The van der Waals surface area contributed by atoms with Gasteiger partial charge in [0.1, 0.15) is 11.2 Å². The molecule has 34 heavy (non-hydrogen) atoms. The Kier molecular flexibility index (Phi) is 4.72. The Hall–Kier alpha value is -4.66. The number of aromatic amines is 2. The second kappa shape index (κ2) is 8.04. The Bertz CT molecular complexity index is 1620. The molecule has 0 aliphatic heterocycles. The highest BCUT2D eigenvalue weighted by Crippen LogP contribution is 2.32. The fourth-order valence-electron chi connectivity index (χ4n) is 4.04. The molecule has 0 radical (unpaired) electrons. The Labute approximate surface area is 194 Å². The number of pyridine rings is 4. The molecule has 0 spiro atoms. The second-order valence-electron chi connectivity index (χ2n) is 8.33. The molecule has 6 rings (SSSR count). The monoisotopic (exact) mass is 447 g/mol. The lowest BCUT2D eigenvalue weighted by Crippen LogP contribution is -2.09. The minimum Gasteiger partial charge on any atom is -0.382 e. The van der Waals surface area contributed by atoms with E-state index in [0.29, 0.717) is 28.9 Å². The quantitative estimate of drug-likeness (QED) is 0.346. The van der Waals surface area contributed by atoms with Crippen LogP contribution in [-0.4, -0.2) is 46.1 Å². The van der Waals surface area contributed by atoms with Crippen LogP contribution in [0.1, 0.15) is 13.8 Å². The van der Waals surface area contributed by atoms with Crippen LogP contribution in [-0.2, 0) is 0 Å². The maximum atomic E-state index is 4.86. The summed E-state index contributed by atoms with van der Waals surface area (Å²) in [5.74, 6) is 0.627. The first-order chi connectivity index (χ1) is 16.7. The molecular weight excluding hydrogens is 426 g/mol. The van der Waals surface area contributed by atoms with E-state index in [1.54, 1.807) is 18.6 Å². The molecule has 9 heteroatoms. The molecule has 0 aliphatic carbocycles. The number of aromatic nitrogens is 8. The summed E-state index contributed by atoms with van der Waals surface area (Å²) in [5, 5.41) is 11.8. The van der Waals surface area contributed by atoms with Crippen molar-refractivity contribution in [1.82, 2.24) is 40.1 Å². The van der Waals surface area contributed by atoms with Crippen LogP contribution in [0.25, 0.3) is 56.0 Å². The fourth-order valence-corrected chi connectivity index (χ4v) is 4.04. The van der Waals surface area contributed by atoms with Crippen LogP contribution < -0.4 is 5.32 Å². The lowest BCUT2D eigenvalue weighted by molar-refractivity contribution is 0.898. The summed E-state index contributed by atoms with van der Waals surface area (Å²) in [6.07, 6.45) is 10.8. The van der Waals surface area contributed by atoms with E-state index < -0.39 is 0 Å². The first-order valence-electron chi connectivity index (χ1n) is 11.0. The van der Waals surface area contributed by atoms with Gasteiger partial charge in [-0.3, -0.25) is 15.1 Å². The van der Waals surface area contributed by atoms with E-state index in [2.05, 4.69) is 66.4 Å². The normalized spacial score (nSPS) is 11.5. The number of H-pyrrole nitrogens is 2. The van der Waals surface area contributed by atoms with E-state index in [-0.39, 0.29) is 0 Å². The lowest BCUT2D eigenvalue weighted by Gasteiger charge is -2.10. The van der Waals surface area contributed by atoms with Crippen LogP contribution in [0.5, 0.6) is 0 Å². The zero-order chi connectivity index (χ0) is 23.1. The third-order valence-corrected chi connectivity index (χ3v) is 5.54. The van der Waals surface area contributed by atoms with Gasteiger partial charge in [-0.1, -0.05) is 0 Å². The van der Waals surface area contributed by atoms with Crippen molar-refractivity contribution in [2.45, 2.75) is 19.9 Å². The summed E-state index contributed by atoms with van der Waals surface area (Å²) in [6.45, 7) is 4.20. The van der Waals surface area contributed by atoms with Crippen LogP contribution in [0.15, 0.2) is 67.5 Å². The summed E-state index contributed by atoms with van der Waals surface area (Å²) >= 11 is 0. The van der Waals surface area contributed by atoms with Crippen LogP contribution in [0, 0.1) is 0 Å². The molecule has 0 bridgehead atoms. The smallest absolute Gasteiger partial charge is 0.161 e. The van der Waals surface area contributed by atoms with Gasteiger partial charge in [0.15, 0.2) is 17.1 Å². The first-order valence-corrected chi connectivity index (χ1v) is 11.0. The van der Waals surface area contributed by atoms with Crippen molar-refractivity contribution < 1.29 is 0 Å². The van der Waals surface area contributed by atoms with Gasteiger partial charge in [-0.25, -0.2) is 15.0 Å². The van der Waals surface area contributed by atoms with Gasteiger partial charge in [-0.2, -0.15) is 5.10 Å². The molecule has 6 aromatic rings. The number of nitrogens with zero attached hydrogens (tertiary/aromatic N) is 6. The van der Waals surface area contributed by atoms with E-state index >= 15 is 0 Å². The predicted molar refractivity (Wildman–Crippen MR) is 132 cm³/mol. The van der Waals surface area contributed by atoms with Crippen molar-refractivity contribution >= 4 is 27.9 Å². The number of imidazole rings is 1. The molecule has 0 aromatic carbocycles. The minimum absolute atomic E-state index is 0.317. The van der Waals surface area contributed by atoms with Crippen LogP contribution in [0.4, 0.5) is 5.69 Å². The summed E-state index contributed by atoms with van der Waals surface area (Å²) in [4.78, 5) is 25.7. The van der Waals surface area contributed by atoms with Crippen molar-refractivity contribution in [2.24, 2.45) is 0 Å². The van der Waals surface area contributed by atoms with E-state index in [1.807, 2.05) is 36.8 Å². The van der Waals surface area contributed by atoms with E-state index in [1.165, 1.54) is 0 Å². The number of rotatable bonds is 5. The molecular formula is C25H21N9. The van der Waals surface area contributed by atoms with Crippen LogP contribution >= 0.6 is 0 Å². The number of nitrogens with one attached hydrogen (secondary N) is 3. The van der Waals surface area contributed by atoms with E-state index in [0.717, 1.165) is 38.8 Å². The van der Waals surface area contributed by atoms with Crippen molar-refractivity contribution in [3.63, 3.8) is 0 Å². The van der Waals surface area contributed by atoms with Gasteiger partial charge in [0.2, 0.25) is 0 Å². The first kappa shape index (κ1) is 20.0. The van der Waals surface area contributed by atoms with Gasteiger partial charge < -0.3 is 10.3 Å². The molecule has 0 saturated heterocycles. The summed E-state index contributed by atoms with van der Waals surface area (Å²) in [7, 11) is 0. The largest absolute Gasteiger partial charge is 0.382 e.